The molecular weight excluding hydrogens is 296 g/mol. The van der Waals surface area contributed by atoms with Crippen molar-refractivity contribution >= 4 is 11.8 Å². The fraction of sp³-hybridized carbons (Fsp3) is 0.765. The van der Waals surface area contributed by atoms with E-state index in [1.54, 1.807) is 0 Å². The number of hydrogen-bond donors (Lipinski definition) is 0. The Balaban J connectivity index is 2.42. The van der Waals surface area contributed by atoms with Crippen molar-refractivity contribution in [3.8, 4) is 0 Å². The van der Waals surface area contributed by atoms with E-state index in [-0.39, 0.29) is 23.5 Å². The third kappa shape index (κ3) is 8.25. The van der Waals surface area contributed by atoms with Gasteiger partial charge in [0, 0.05) is 38.3 Å². The van der Waals surface area contributed by atoms with E-state index in [1.807, 2.05) is 34.6 Å². The van der Waals surface area contributed by atoms with E-state index < -0.39 is 0 Å². The minimum Gasteiger partial charge on any atom is -0.377 e. The molecule has 6 heteroatoms. The molecule has 0 bridgehead atoms. The van der Waals surface area contributed by atoms with Gasteiger partial charge in [0.2, 0.25) is 0 Å². The Morgan fingerprint density at radius 1 is 1.04 bits per heavy atom. The maximum absolute atomic E-state index is 11.6. The third-order valence-corrected chi connectivity index (χ3v) is 3.34. The van der Waals surface area contributed by atoms with Crippen LogP contribution in [0.15, 0.2) is 12.2 Å². The van der Waals surface area contributed by atoms with Gasteiger partial charge in [0.05, 0.1) is 24.9 Å². The van der Waals surface area contributed by atoms with Crippen LogP contribution < -0.4 is 0 Å². The minimum absolute atomic E-state index is 0.176. The topological polar surface area (TPSA) is 59.1 Å². The summed E-state index contributed by atoms with van der Waals surface area (Å²) in [7, 11) is 0. The summed E-state index contributed by atoms with van der Waals surface area (Å²) in [4.78, 5) is 26.6. The first-order chi connectivity index (χ1) is 10.7. The van der Waals surface area contributed by atoms with Crippen molar-refractivity contribution < 1.29 is 19.1 Å². The van der Waals surface area contributed by atoms with Gasteiger partial charge in [-0.2, -0.15) is 0 Å². The van der Waals surface area contributed by atoms with Gasteiger partial charge in [-0.3, -0.25) is 19.4 Å². The van der Waals surface area contributed by atoms with Crippen LogP contribution in [0.25, 0.3) is 0 Å². The Morgan fingerprint density at radius 3 is 2.13 bits per heavy atom. The molecule has 0 aromatic rings. The first-order valence-electron chi connectivity index (χ1n) is 8.20. The molecule has 2 amide bonds. The van der Waals surface area contributed by atoms with Crippen molar-refractivity contribution in [2.75, 3.05) is 39.4 Å². The standard InChI is InChI=1S/C17H30N2O4/c1-14(2)22-12-10-18(11-13-23-17(3,4)5)8-9-19-15(20)6-7-16(19)21/h6-7,14H,8-13H2,1-5H3. The van der Waals surface area contributed by atoms with Crippen LogP contribution in [-0.2, 0) is 19.1 Å². The van der Waals surface area contributed by atoms with Crippen LogP contribution in [-0.4, -0.2) is 72.7 Å². The van der Waals surface area contributed by atoms with Crippen molar-refractivity contribution in [1.82, 2.24) is 9.80 Å². The first-order valence-corrected chi connectivity index (χ1v) is 8.20. The van der Waals surface area contributed by atoms with E-state index in [0.29, 0.717) is 26.3 Å². The Hall–Kier alpha value is -1.24. The molecule has 23 heavy (non-hydrogen) atoms. The lowest BCUT2D eigenvalue weighted by Crippen LogP contribution is -2.41. The lowest BCUT2D eigenvalue weighted by molar-refractivity contribution is -0.137. The van der Waals surface area contributed by atoms with Gasteiger partial charge in [-0.1, -0.05) is 0 Å². The molecule has 0 atom stereocenters. The summed E-state index contributed by atoms with van der Waals surface area (Å²) in [6, 6.07) is 0. The largest absolute Gasteiger partial charge is 0.377 e. The molecule has 1 aliphatic rings. The van der Waals surface area contributed by atoms with E-state index in [4.69, 9.17) is 9.47 Å². The number of amides is 2. The van der Waals surface area contributed by atoms with Crippen molar-refractivity contribution in [1.29, 1.82) is 0 Å². The summed E-state index contributed by atoms with van der Waals surface area (Å²) in [6.07, 6.45) is 2.82. The Morgan fingerprint density at radius 2 is 1.61 bits per heavy atom. The Kier molecular flexibility index (Phi) is 7.88. The Bertz CT molecular complexity index is 409. The molecule has 0 saturated heterocycles. The molecule has 0 N–H and O–H groups in total. The number of imide groups is 1. The first kappa shape index (κ1) is 19.8. The van der Waals surface area contributed by atoms with E-state index in [9.17, 15) is 9.59 Å². The maximum Gasteiger partial charge on any atom is 0.253 e. The number of hydrogen-bond acceptors (Lipinski definition) is 5. The second kappa shape index (κ2) is 9.15. The van der Waals surface area contributed by atoms with Gasteiger partial charge >= 0.3 is 0 Å². The third-order valence-electron chi connectivity index (χ3n) is 3.34. The monoisotopic (exact) mass is 326 g/mol. The molecule has 1 rings (SSSR count). The van der Waals surface area contributed by atoms with Gasteiger partial charge in [0.25, 0.3) is 11.8 Å². The molecule has 1 heterocycles. The second-order valence-electron chi connectivity index (χ2n) is 6.88. The number of nitrogens with zero attached hydrogens (tertiary/aromatic N) is 2. The number of rotatable bonds is 10. The average Bonchev–Trinajstić information content (AvgIpc) is 2.73. The van der Waals surface area contributed by atoms with Crippen LogP contribution in [0.4, 0.5) is 0 Å². The quantitative estimate of drug-likeness (QED) is 0.569. The number of carbonyl (C=O) groups excluding carboxylic acids is 2. The fourth-order valence-corrected chi connectivity index (χ4v) is 2.13. The SMILES string of the molecule is CC(C)OCCN(CCOC(C)(C)C)CCN1C(=O)C=CC1=O. The van der Waals surface area contributed by atoms with Gasteiger partial charge in [-0.15, -0.1) is 0 Å². The van der Waals surface area contributed by atoms with Crippen molar-refractivity contribution in [3.05, 3.63) is 12.2 Å². The Labute approximate surface area is 139 Å². The van der Waals surface area contributed by atoms with Crippen LogP contribution >= 0.6 is 0 Å². The number of ether oxygens (including phenoxy) is 2. The molecule has 0 saturated carbocycles. The van der Waals surface area contributed by atoms with Gasteiger partial charge in [0.1, 0.15) is 0 Å². The fourth-order valence-electron chi connectivity index (χ4n) is 2.13. The van der Waals surface area contributed by atoms with Crippen LogP contribution in [0.2, 0.25) is 0 Å². The predicted molar refractivity (Wildman–Crippen MR) is 89.1 cm³/mol. The van der Waals surface area contributed by atoms with E-state index >= 15 is 0 Å². The van der Waals surface area contributed by atoms with E-state index in [2.05, 4.69) is 4.90 Å². The highest BCUT2D eigenvalue weighted by atomic mass is 16.5. The second-order valence-corrected chi connectivity index (χ2v) is 6.88. The highest BCUT2D eigenvalue weighted by molar-refractivity contribution is 6.12. The van der Waals surface area contributed by atoms with Gasteiger partial charge in [-0.25, -0.2) is 0 Å². The highest BCUT2D eigenvalue weighted by Gasteiger charge is 2.23. The van der Waals surface area contributed by atoms with Crippen molar-refractivity contribution in [2.24, 2.45) is 0 Å². The molecule has 0 aromatic heterocycles. The molecule has 0 aromatic carbocycles. The number of carbonyl (C=O) groups is 2. The summed E-state index contributed by atoms with van der Waals surface area (Å²) < 4.78 is 11.4. The van der Waals surface area contributed by atoms with Crippen LogP contribution in [0.1, 0.15) is 34.6 Å². The van der Waals surface area contributed by atoms with Gasteiger partial charge in [-0.05, 0) is 34.6 Å². The predicted octanol–water partition coefficient (Wildman–Crippen LogP) is 1.45. The summed E-state index contributed by atoms with van der Waals surface area (Å²) in [5.41, 5.74) is -0.176. The zero-order valence-corrected chi connectivity index (χ0v) is 15.0. The molecule has 1 aliphatic heterocycles. The summed E-state index contributed by atoms with van der Waals surface area (Å²) >= 11 is 0. The average molecular weight is 326 g/mol. The molecule has 132 valence electrons. The summed E-state index contributed by atoms with van der Waals surface area (Å²) in [5.74, 6) is -0.473. The zero-order valence-electron chi connectivity index (χ0n) is 15.0. The maximum atomic E-state index is 11.6. The lowest BCUT2D eigenvalue weighted by Gasteiger charge is -2.27. The van der Waals surface area contributed by atoms with Crippen LogP contribution in [0.5, 0.6) is 0 Å². The normalized spacial score (nSPS) is 15.5. The molecule has 0 fully saturated rings. The van der Waals surface area contributed by atoms with Gasteiger partial charge in [0.15, 0.2) is 0 Å². The molecule has 0 unspecified atom stereocenters. The van der Waals surface area contributed by atoms with Crippen molar-refractivity contribution in [3.63, 3.8) is 0 Å². The molecule has 6 nitrogen and oxygen atoms in total. The summed E-state index contributed by atoms with van der Waals surface area (Å²) in [6.45, 7) is 13.8. The smallest absolute Gasteiger partial charge is 0.253 e. The van der Waals surface area contributed by atoms with Crippen LogP contribution in [0, 0.1) is 0 Å². The van der Waals surface area contributed by atoms with Gasteiger partial charge < -0.3 is 9.47 Å². The summed E-state index contributed by atoms with van der Waals surface area (Å²) in [5, 5.41) is 0. The molecule has 0 radical (unpaired) electrons. The molecular formula is C17H30N2O4. The minimum atomic E-state index is -0.237. The molecule has 0 spiro atoms. The van der Waals surface area contributed by atoms with Crippen molar-refractivity contribution in [2.45, 2.75) is 46.3 Å². The van der Waals surface area contributed by atoms with Crippen LogP contribution in [0.3, 0.4) is 0 Å². The zero-order chi connectivity index (χ0) is 17.5. The lowest BCUT2D eigenvalue weighted by atomic mass is 10.2. The van der Waals surface area contributed by atoms with E-state index in [1.165, 1.54) is 17.1 Å². The van der Waals surface area contributed by atoms with E-state index in [0.717, 1.165) is 13.1 Å². The highest BCUT2D eigenvalue weighted by Crippen LogP contribution is 2.07. The molecule has 0 aliphatic carbocycles.